The highest BCUT2D eigenvalue weighted by Gasteiger charge is 2.15. The van der Waals surface area contributed by atoms with Crippen LogP contribution in [-0.2, 0) is 4.79 Å². The van der Waals surface area contributed by atoms with Gasteiger partial charge in [0.25, 0.3) is 0 Å². The van der Waals surface area contributed by atoms with Crippen LogP contribution in [0.2, 0.25) is 0 Å². The predicted molar refractivity (Wildman–Crippen MR) is 105 cm³/mol. The van der Waals surface area contributed by atoms with E-state index in [9.17, 15) is 9.59 Å². The number of aromatic nitrogens is 2. The van der Waals surface area contributed by atoms with E-state index in [1.165, 1.54) is 13.3 Å². The third-order valence-electron chi connectivity index (χ3n) is 4.30. The highest BCUT2D eigenvalue weighted by molar-refractivity contribution is 5.89. The van der Waals surface area contributed by atoms with E-state index in [0.717, 1.165) is 31.4 Å². The van der Waals surface area contributed by atoms with Gasteiger partial charge in [-0.25, -0.2) is 4.79 Å². The van der Waals surface area contributed by atoms with Crippen LogP contribution in [0.25, 0.3) is 0 Å². The van der Waals surface area contributed by atoms with Gasteiger partial charge in [0.2, 0.25) is 5.91 Å². The topological polar surface area (TPSA) is 108 Å². The number of urea groups is 1. The zero-order valence-corrected chi connectivity index (χ0v) is 15.3. The summed E-state index contributed by atoms with van der Waals surface area (Å²) >= 11 is 0. The van der Waals surface area contributed by atoms with Crippen LogP contribution >= 0.6 is 0 Å². The van der Waals surface area contributed by atoms with Gasteiger partial charge < -0.3 is 16.0 Å². The molecule has 0 bridgehead atoms. The first-order valence-corrected chi connectivity index (χ1v) is 9.14. The number of rotatable bonds is 5. The fourth-order valence-electron chi connectivity index (χ4n) is 3.08. The highest BCUT2D eigenvalue weighted by Crippen LogP contribution is 2.20. The lowest BCUT2D eigenvalue weighted by molar-refractivity contribution is -0.114. The van der Waals surface area contributed by atoms with Crippen molar-refractivity contribution in [1.29, 1.82) is 0 Å². The number of benzene rings is 1. The number of nitrogens with one attached hydrogen (secondary N) is 4. The summed E-state index contributed by atoms with van der Waals surface area (Å²) in [7, 11) is 0. The van der Waals surface area contributed by atoms with Gasteiger partial charge in [0, 0.05) is 24.3 Å². The number of anilines is 4. The van der Waals surface area contributed by atoms with Crippen molar-refractivity contribution in [2.24, 2.45) is 0 Å². The SMILES string of the molecule is CC(=O)Nc1cccc(Nc2ccc(NC(=O)NC3CCCCC3)nn2)c1. The van der Waals surface area contributed by atoms with Crippen LogP contribution in [-0.4, -0.2) is 28.2 Å². The number of carbonyl (C=O) groups excluding carboxylic acids is 2. The average molecular weight is 368 g/mol. The van der Waals surface area contributed by atoms with Gasteiger partial charge in [0.05, 0.1) is 0 Å². The second-order valence-corrected chi connectivity index (χ2v) is 6.62. The van der Waals surface area contributed by atoms with E-state index in [4.69, 9.17) is 0 Å². The van der Waals surface area contributed by atoms with E-state index in [1.807, 2.05) is 12.1 Å². The summed E-state index contributed by atoms with van der Waals surface area (Å²) in [5.41, 5.74) is 1.46. The summed E-state index contributed by atoms with van der Waals surface area (Å²) in [6.45, 7) is 1.46. The molecular weight excluding hydrogens is 344 g/mol. The molecule has 1 aliphatic rings. The largest absolute Gasteiger partial charge is 0.339 e. The third kappa shape index (κ3) is 5.95. The van der Waals surface area contributed by atoms with Gasteiger partial charge in [0.1, 0.15) is 0 Å². The molecule has 1 heterocycles. The molecule has 3 rings (SSSR count). The summed E-state index contributed by atoms with van der Waals surface area (Å²) in [6.07, 6.45) is 5.62. The van der Waals surface area contributed by atoms with Crippen molar-refractivity contribution in [3.63, 3.8) is 0 Å². The number of hydrogen-bond donors (Lipinski definition) is 4. The number of amides is 3. The van der Waals surface area contributed by atoms with E-state index in [1.54, 1.807) is 24.3 Å². The van der Waals surface area contributed by atoms with Gasteiger partial charge in [0.15, 0.2) is 11.6 Å². The highest BCUT2D eigenvalue weighted by atomic mass is 16.2. The van der Waals surface area contributed by atoms with Gasteiger partial charge in [-0.1, -0.05) is 25.3 Å². The van der Waals surface area contributed by atoms with Gasteiger partial charge in [-0.3, -0.25) is 10.1 Å². The van der Waals surface area contributed by atoms with Gasteiger partial charge in [-0.2, -0.15) is 0 Å². The predicted octanol–water partition coefficient (Wildman–Crippen LogP) is 3.63. The number of hydrogen-bond acceptors (Lipinski definition) is 5. The molecule has 0 aliphatic heterocycles. The fourth-order valence-corrected chi connectivity index (χ4v) is 3.08. The molecule has 1 fully saturated rings. The molecule has 8 nitrogen and oxygen atoms in total. The Morgan fingerprint density at radius 2 is 1.63 bits per heavy atom. The average Bonchev–Trinajstić information content (AvgIpc) is 2.64. The molecule has 0 radical (unpaired) electrons. The maximum atomic E-state index is 12.0. The monoisotopic (exact) mass is 368 g/mol. The Hall–Kier alpha value is -3.16. The number of nitrogens with zero attached hydrogens (tertiary/aromatic N) is 2. The summed E-state index contributed by atoms with van der Waals surface area (Å²) in [5, 5.41) is 19.6. The van der Waals surface area contributed by atoms with Crippen molar-refractivity contribution in [3.05, 3.63) is 36.4 Å². The smallest absolute Gasteiger partial charge is 0.320 e. The maximum Gasteiger partial charge on any atom is 0.320 e. The molecule has 2 aromatic rings. The molecule has 4 N–H and O–H groups in total. The van der Waals surface area contributed by atoms with E-state index < -0.39 is 0 Å². The molecule has 142 valence electrons. The Morgan fingerprint density at radius 3 is 2.33 bits per heavy atom. The molecule has 0 unspecified atom stereocenters. The van der Waals surface area contributed by atoms with Crippen LogP contribution in [0.4, 0.5) is 27.8 Å². The Labute approximate surface area is 158 Å². The van der Waals surface area contributed by atoms with Crippen molar-refractivity contribution in [1.82, 2.24) is 15.5 Å². The van der Waals surface area contributed by atoms with E-state index in [0.29, 0.717) is 17.3 Å². The minimum atomic E-state index is -0.250. The van der Waals surface area contributed by atoms with Crippen LogP contribution in [0.3, 0.4) is 0 Å². The molecule has 1 aliphatic carbocycles. The van der Waals surface area contributed by atoms with Crippen molar-refractivity contribution in [2.75, 3.05) is 16.0 Å². The van der Waals surface area contributed by atoms with Crippen molar-refractivity contribution >= 4 is 34.9 Å². The minimum absolute atomic E-state index is 0.131. The van der Waals surface area contributed by atoms with E-state index in [2.05, 4.69) is 31.5 Å². The standard InChI is InChI=1S/C19H24N6O2/c1-13(26)20-15-8-5-9-16(12-15)21-17-10-11-18(25-24-17)23-19(27)22-14-6-3-2-4-7-14/h5,8-12,14H,2-4,6-7H2,1H3,(H,20,26)(H,21,24)(H2,22,23,25,27). The van der Waals surface area contributed by atoms with Crippen LogP contribution in [0.1, 0.15) is 39.0 Å². The molecule has 1 aromatic carbocycles. The second-order valence-electron chi connectivity index (χ2n) is 6.62. The summed E-state index contributed by atoms with van der Waals surface area (Å²) in [6, 6.07) is 10.7. The fraction of sp³-hybridized carbons (Fsp3) is 0.368. The lowest BCUT2D eigenvalue weighted by Gasteiger charge is -2.22. The molecule has 8 heteroatoms. The first kappa shape index (κ1) is 18.6. The minimum Gasteiger partial charge on any atom is -0.339 e. The van der Waals surface area contributed by atoms with Gasteiger partial charge >= 0.3 is 6.03 Å². The summed E-state index contributed by atoms with van der Waals surface area (Å²) in [4.78, 5) is 23.2. The molecule has 27 heavy (non-hydrogen) atoms. The normalized spacial score (nSPS) is 14.3. The Kier molecular flexibility index (Phi) is 6.19. The van der Waals surface area contributed by atoms with Crippen LogP contribution in [0, 0.1) is 0 Å². The van der Waals surface area contributed by atoms with Crippen LogP contribution in [0.5, 0.6) is 0 Å². The Bertz CT molecular complexity index is 787. The molecule has 0 saturated heterocycles. The zero-order chi connectivity index (χ0) is 19.1. The lowest BCUT2D eigenvalue weighted by atomic mass is 9.96. The Balaban J connectivity index is 1.54. The third-order valence-corrected chi connectivity index (χ3v) is 4.30. The lowest BCUT2D eigenvalue weighted by Crippen LogP contribution is -2.39. The van der Waals surface area contributed by atoms with Crippen LogP contribution in [0.15, 0.2) is 36.4 Å². The van der Waals surface area contributed by atoms with E-state index in [-0.39, 0.29) is 18.0 Å². The molecule has 3 amide bonds. The van der Waals surface area contributed by atoms with Crippen LogP contribution < -0.4 is 21.3 Å². The first-order chi connectivity index (χ1) is 13.1. The van der Waals surface area contributed by atoms with Crippen molar-refractivity contribution in [2.45, 2.75) is 45.1 Å². The first-order valence-electron chi connectivity index (χ1n) is 9.14. The zero-order valence-electron chi connectivity index (χ0n) is 15.3. The summed E-state index contributed by atoms with van der Waals surface area (Å²) in [5.74, 6) is 0.794. The number of carbonyl (C=O) groups is 2. The molecule has 1 saturated carbocycles. The van der Waals surface area contributed by atoms with Crippen molar-refractivity contribution < 1.29 is 9.59 Å². The molecule has 1 aromatic heterocycles. The quantitative estimate of drug-likeness (QED) is 0.644. The molecule has 0 atom stereocenters. The second kappa shape index (κ2) is 8.98. The molecular formula is C19H24N6O2. The Morgan fingerprint density at radius 1 is 0.926 bits per heavy atom. The van der Waals surface area contributed by atoms with E-state index >= 15 is 0 Å². The van der Waals surface area contributed by atoms with Gasteiger partial charge in [-0.05, 0) is 43.2 Å². The van der Waals surface area contributed by atoms with Crippen molar-refractivity contribution in [3.8, 4) is 0 Å². The van der Waals surface area contributed by atoms with Gasteiger partial charge in [-0.15, -0.1) is 10.2 Å². The molecule has 0 spiro atoms. The maximum absolute atomic E-state index is 12.0. The summed E-state index contributed by atoms with van der Waals surface area (Å²) < 4.78 is 0.